The number of carbonyl (C=O) groups is 1. The average molecular weight is 165 g/mol. The predicted molar refractivity (Wildman–Crippen MR) is 41.2 cm³/mol. The Hall–Kier alpha value is -0.0800. The van der Waals surface area contributed by atoms with Gasteiger partial charge in [0.1, 0.15) is 0 Å². The van der Waals surface area contributed by atoms with Crippen LogP contribution in [-0.4, -0.2) is 16.9 Å². The van der Waals surface area contributed by atoms with Crippen LogP contribution in [0, 0.1) is 0 Å². The van der Waals surface area contributed by atoms with Crippen molar-refractivity contribution in [1.29, 1.82) is 0 Å². The van der Waals surface area contributed by atoms with Crippen molar-refractivity contribution in [3.63, 3.8) is 0 Å². The summed E-state index contributed by atoms with van der Waals surface area (Å²) in [7, 11) is 0. The minimum absolute atomic E-state index is 0.156. The molecule has 0 fully saturated rings. The molecule has 0 heterocycles. The van der Waals surface area contributed by atoms with Crippen LogP contribution in [0.1, 0.15) is 27.7 Å². The molecule has 10 heavy (non-hydrogen) atoms. The van der Waals surface area contributed by atoms with Crippen molar-refractivity contribution < 1.29 is 9.53 Å². The van der Waals surface area contributed by atoms with Crippen LogP contribution in [0.4, 0.5) is 0 Å². The van der Waals surface area contributed by atoms with Crippen LogP contribution in [0.25, 0.3) is 0 Å². The van der Waals surface area contributed by atoms with Crippen LogP contribution in [-0.2, 0) is 9.53 Å². The summed E-state index contributed by atoms with van der Waals surface area (Å²) < 4.78 is 5.11. The highest BCUT2D eigenvalue weighted by Gasteiger charge is 2.19. The fourth-order valence-electron chi connectivity index (χ4n) is 0.393. The van der Waals surface area contributed by atoms with E-state index in [0.29, 0.717) is 0 Å². The van der Waals surface area contributed by atoms with Crippen molar-refractivity contribution in [2.24, 2.45) is 0 Å². The molecule has 0 aliphatic carbocycles. The third-order valence-electron chi connectivity index (χ3n) is 0.777. The van der Waals surface area contributed by atoms with Gasteiger partial charge in [0.15, 0.2) is 11.3 Å². The highest BCUT2D eigenvalue weighted by molar-refractivity contribution is 6.29. The molecule has 60 valence electrons. The van der Waals surface area contributed by atoms with Gasteiger partial charge in [-0.15, -0.1) is 0 Å². The number of ether oxygens (including phenoxy) is 1. The van der Waals surface area contributed by atoms with E-state index in [1.807, 2.05) is 20.8 Å². The number of hydrogen-bond donors (Lipinski definition) is 0. The van der Waals surface area contributed by atoms with Gasteiger partial charge in [0, 0.05) is 0 Å². The van der Waals surface area contributed by atoms with E-state index in [1.54, 1.807) is 0 Å². The summed E-state index contributed by atoms with van der Waals surface area (Å²) in [6.07, 6.45) is 0. The molecule has 0 radical (unpaired) electrons. The van der Waals surface area contributed by atoms with E-state index in [-0.39, 0.29) is 11.4 Å². The fraction of sp³-hybridized carbons (Fsp3) is 0.857. The first-order valence-corrected chi connectivity index (χ1v) is 3.59. The van der Waals surface area contributed by atoms with Gasteiger partial charge in [0.25, 0.3) is 0 Å². The molecular formula is C7H13ClO2. The Balaban J connectivity index is 3.80. The summed E-state index contributed by atoms with van der Waals surface area (Å²) in [4.78, 5) is 10.6. The van der Waals surface area contributed by atoms with Crippen molar-refractivity contribution in [2.75, 3.05) is 0 Å². The molecule has 1 unspecified atom stereocenters. The zero-order chi connectivity index (χ0) is 8.36. The van der Waals surface area contributed by atoms with Crippen molar-refractivity contribution in [1.82, 2.24) is 0 Å². The second kappa shape index (κ2) is 3.35. The van der Waals surface area contributed by atoms with Crippen LogP contribution in [0.5, 0.6) is 0 Å². The second-order valence-corrected chi connectivity index (χ2v) is 3.55. The highest BCUT2D eigenvalue weighted by Crippen LogP contribution is 2.13. The molecule has 0 aliphatic heterocycles. The smallest absolute Gasteiger partial charge is 0.189 e. The molecule has 0 amide bonds. The third kappa shape index (κ3) is 4.77. The van der Waals surface area contributed by atoms with Gasteiger partial charge in [-0.2, -0.15) is 0 Å². The maximum atomic E-state index is 10.6. The van der Waals surface area contributed by atoms with Gasteiger partial charge in [0.2, 0.25) is 0 Å². The predicted octanol–water partition coefficient (Wildman–Crippen LogP) is 1.96. The Kier molecular flexibility index (Phi) is 3.33. The average Bonchev–Trinajstić information content (AvgIpc) is 1.60. The lowest BCUT2D eigenvalue weighted by molar-refractivity contribution is -0.129. The Morgan fingerprint density at radius 3 is 2.00 bits per heavy atom. The molecule has 0 spiro atoms. The van der Waals surface area contributed by atoms with Gasteiger partial charge in [-0.1, -0.05) is 11.6 Å². The molecule has 1 atom stereocenters. The summed E-state index contributed by atoms with van der Waals surface area (Å²) in [5.74, 6) is -0.156. The molecule has 0 bridgehead atoms. The summed E-state index contributed by atoms with van der Waals surface area (Å²) in [5, 5.41) is 0. The highest BCUT2D eigenvalue weighted by atomic mass is 35.5. The Morgan fingerprint density at radius 1 is 1.50 bits per heavy atom. The molecule has 0 rings (SSSR count). The Morgan fingerprint density at radius 2 is 1.90 bits per heavy atom. The number of halogens is 1. The molecule has 0 aromatic carbocycles. The lowest BCUT2D eigenvalue weighted by atomic mass is 10.2. The normalized spacial score (nSPS) is 14.9. The molecular weight excluding hydrogens is 152 g/mol. The SMILES string of the molecule is CC(=O)C(Cl)OC(C)(C)C. The van der Waals surface area contributed by atoms with E-state index in [2.05, 4.69) is 0 Å². The summed E-state index contributed by atoms with van der Waals surface area (Å²) in [6, 6.07) is 0. The van der Waals surface area contributed by atoms with Crippen molar-refractivity contribution >= 4 is 17.4 Å². The molecule has 2 nitrogen and oxygen atoms in total. The molecule has 0 saturated heterocycles. The number of carbonyl (C=O) groups excluding carboxylic acids is 1. The number of alkyl halides is 1. The van der Waals surface area contributed by atoms with Gasteiger partial charge in [-0.3, -0.25) is 4.79 Å². The number of hydrogen-bond acceptors (Lipinski definition) is 2. The van der Waals surface area contributed by atoms with E-state index in [9.17, 15) is 4.79 Å². The topological polar surface area (TPSA) is 26.3 Å². The molecule has 0 N–H and O–H groups in total. The first-order chi connectivity index (χ1) is 4.33. The zero-order valence-electron chi connectivity index (χ0n) is 6.77. The Labute approximate surface area is 66.5 Å². The standard InChI is InChI=1S/C7H13ClO2/c1-5(9)6(8)10-7(2,3)4/h6H,1-4H3. The molecule has 0 saturated carbocycles. The van der Waals surface area contributed by atoms with E-state index in [4.69, 9.17) is 16.3 Å². The quantitative estimate of drug-likeness (QED) is 0.584. The van der Waals surface area contributed by atoms with Crippen LogP contribution in [0.2, 0.25) is 0 Å². The molecule has 0 aliphatic rings. The lowest BCUT2D eigenvalue weighted by Crippen LogP contribution is -2.28. The van der Waals surface area contributed by atoms with E-state index >= 15 is 0 Å². The van der Waals surface area contributed by atoms with Crippen LogP contribution < -0.4 is 0 Å². The number of Topliss-reactive ketones (excluding diaryl/α,β-unsaturated/α-hetero) is 1. The molecule has 0 aromatic heterocycles. The van der Waals surface area contributed by atoms with Crippen molar-refractivity contribution in [3.8, 4) is 0 Å². The Bertz CT molecular complexity index is 126. The van der Waals surface area contributed by atoms with Gasteiger partial charge < -0.3 is 4.74 Å². The first kappa shape index (κ1) is 9.92. The maximum Gasteiger partial charge on any atom is 0.189 e. The second-order valence-electron chi connectivity index (χ2n) is 3.16. The van der Waals surface area contributed by atoms with E-state index < -0.39 is 5.56 Å². The summed E-state index contributed by atoms with van der Waals surface area (Å²) >= 11 is 5.53. The molecule has 0 aromatic rings. The van der Waals surface area contributed by atoms with Crippen LogP contribution in [0.3, 0.4) is 0 Å². The number of ketones is 1. The van der Waals surface area contributed by atoms with Gasteiger partial charge in [-0.25, -0.2) is 0 Å². The minimum atomic E-state index is -0.806. The van der Waals surface area contributed by atoms with Crippen LogP contribution >= 0.6 is 11.6 Å². The number of rotatable bonds is 2. The summed E-state index contributed by atoms with van der Waals surface area (Å²) in [5.41, 5.74) is -1.15. The molecule has 3 heteroatoms. The van der Waals surface area contributed by atoms with Gasteiger partial charge in [0.05, 0.1) is 5.60 Å². The largest absolute Gasteiger partial charge is 0.350 e. The fourth-order valence-corrected chi connectivity index (χ4v) is 0.661. The van der Waals surface area contributed by atoms with E-state index in [1.165, 1.54) is 6.92 Å². The first-order valence-electron chi connectivity index (χ1n) is 3.15. The maximum absolute atomic E-state index is 10.6. The zero-order valence-corrected chi connectivity index (χ0v) is 7.53. The minimum Gasteiger partial charge on any atom is -0.350 e. The van der Waals surface area contributed by atoms with Gasteiger partial charge >= 0.3 is 0 Å². The summed E-state index contributed by atoms with van der Waals surface area (Å²) in [6.45, 7) is 6.96. The van der Waals surface area contributed by atoms with E-state index in [0.717, 1.165) is 0 Å². The lowest BCUT2D eigenvalue weighted by Gasteiger charge is -2.21. The third-order valence-corrected chi connectivity index (χ3v) is 1.17. The van der Waals surface area contributed by atoms with Gasteiger partial charge in [-0.05, 0) is 27.7 Å². The van der Waals surface area contributed by atoms with Crippen molar-refractivity contribution in [3.05, 3.63) is 0 Å². The monoisotopic (exact) mass is 164 g/mol. The van der Waals surface area contributed by atoms with Crippen LogP contribution in [0.15, 0.2) is 0 Å². The van der Waals surface area contributed by atoms with Crippen molar-refractivity contribution in [2.45, 2.75) is 38.9 Å².